The van der Waals surface area contributed by atoms with Crippen molar-refractivity contribution in [3.63, 3.8) is 0 Å². The first-order chi connectivity index (χ1) is 2.00. The second kappa shape index (κ2) is 9.21. The van der Waals surface area contributed by atoms with Gasteiger partial charge in [-0.2, -0.15) is 0 Å². The Morgan fingerprint density at radius 3 is 1.12 bits per heavy atom. The molecule has 0 aromatic heterocycles. The molecule has 0 atom stereocenters. The van der Waals surface area contributed by atoms with Gasteiger partial charge in [-0.05, 0) is 0 Å². The van der Waals surface area contributed by atoms with Crippen LogP contribution in [0.4, 0.5) is 4.70 Å². The molecule has 0 saturated heterocycles. The fourth-order valence-corrected chi connectivity index (χ4v) is 0. The minimum absolute atomic E-state index is 0. The second-order valence-corrected chi connectivity index (χ2v) is 1.54. The second-order valence-electron chi connectivity index (χ2n) is 0.513. The summed E-state index contributed by atoms with van der Waals surface area (Å²) >= 11 is 0. The molecule has 0 aromatic rings. The average Bonchev–Trinajstić information content (AvgIpc) is 0.722. The molecule has 0 aliphatic rings. The first-order valence-corrected chi connectivity index (χ1v) is 2.35. The van der Waals surface area contributed by atoms with Gasteiger partial charge < -0.3 is 14.7 Å². The number of hydrogen-bond donors (Lipinski definition) is 3. The maximum atomic E-state index is 8.88. The Hall–Kier alpha value is 2.21. The predicted molar refractivity (Wildman–Crippen MR) is 23.9 cm³/mol. The van der Waals surface area contributed by atoms with Crippen LogP contribution in [-0.4, -0.2) is 66.1 Å². The molecular weight excluding hydrogens is 205 g/mol. The zero-order chi connectivity index (χ0) is 4.50. The van der Waals surface area contributed by atoms with E-state index < -0.39 is 7.82 Å². The third-order valence-corrected chi connectivity index (χ3v) is 0. The first-order valence-electron chi connectivity index (χ1n) is 0.783. The molecule has 0 radical (unpaired) electrons. The van der Waals surface area contributed by atoms with Gasteiger partial charge >= 0.3 is 59.2 Å². The van der Waals surface area contributed by atoms with Crippen molar-refractivity contribution in [2.75, 3.05) is 0 Å². The topological polar surface area (TPSA) is 77.8 Å². The molecule has 0 fully saturated rings. The van der Waals surface area contributed by atoms with E-state index in [1.165, 1.54) is 0 Å². The van der Waals surface area contributed by atoms with E-state index >= 15 is 0 Å². The zero-order valence-corrected chi connectivity index (χ0v) is 5.18. The van der Waals surface area contributed by atoms with E-state index in [0.717, 1.165) is 0 Å². The van der Waals surface area contributed by atoms with Crippen LogP contribution in [0.25, 0.3) is 0 Å². The Morgan fingerprint density at radius 2 is 1.12 bits per heavy atom. The summed E-state index contributed by atoms with van der Waals surface area (Å²) in [4.78, 5) is 21.6. The molecule has 8 heavy (non-hydrogen) atoms. The Morgan fingerprint density at radius 1 is 1.12 bits per heavy atom. The van der Waals surface area contributed by atoms with Gasteiger partial charge in [-0.1, -0.05) is 0 Å². The van der Waals surface area contributed by atoms with Gasteiger partial charge in [0.2, 0.25) is 0 Å². The van der Waals surface area contributed by atoms with Gasteiger partial charge in [0.25, 0.3) is 0 Å². The Labute approximate surface area is 98.8 Å². The molecule has 4 nitrogen and oxygen atoms in total. The Balaban J connectivity index is -0.0000000267. The van der Waals surface area contributed by atoms with Crippen molar-refractivity contribution < 1.29 is 41.3 Å². The van der Waals surface area contributed by atoms with Gasteiger partial charge in [0.1, 0.15) is 0 Å². The van der Waals surface area contributed by atoms with Crippen LogP contribution in [0.3, 0.4) is 0 Å². The van der Waals surface area contributed by atoms with Gasteiger partial charge in [0.15, 0.2) is 0 Å². The molecular formula is H5CrFKO4P. The Bertz CT molecular complexity index is 62.2. The van der Waals surface area contributed by atoms with Crippen molar-refractivity contribution in [1.82, 2.24) is 0 Å². The van der Waals surface area contributed by atoms with E-state index in [4.69, 9.17) is 19.2 Å². The first kappa shape index (κ1) is 22.5. The molecule has 0 rings (SSSR count). The Kier molecular flexibility index (Phi) is 25.9. The summed E-state index contributed by atoms with van der Waals surface area (Å²) in [6.45, 7) is 0. The van der Waals surface area contributed by atoms with Crippen molar-refractivity contribution in [3.05, 3.63) is 0 Å². The van der Waals surface area contributed by atoms with Crippen LogP contribution >= 0.6 is 7.82 Å². The zero-order valence-electron chi connectivity index (χ0n) is 3.01. The van der Waals surface area contributed by atoms with Gasteiger partial charge in [-0.15, -0.1) is 0 Å². The van der Waals surface area contributed by atoms with Crippen LogP contribution in [0.15, 0.2) is 0 Å². The molecule has 3 N–H and O–H groups in total. The van der Waals surface area contributed by atoms with Crippen LogP contribution in [0.2, 0.25) is 0 Å². The molecule has 0 saturated carbocycles. The normalized spacial score (nSPS) is 7.38. The van der Waals surface area contributed by atoms with Crippen LogP contribution in [0, 0.1) is 0 Å². The minimum atomic E-state index is -4.64. The van der Waals surface area contributed by atoms with E-state index in [1.54, 1.807) is 0 Å². The number of phosphoric acid groups is 1. The molecule has 0 aliphatic carbocycles. The summed E-state index contributed by atoms with van der Waals surface area (Å²) < 4.78 is 8.88. The number of hydrogen-bond acceptors (Lipinski definition) is 1. The standard InChI is InChI=1S/Cr.FH.K.H3O4P.H/c;;;1-5(2,3)4;/h;1H;;(H3,1,2,3,4);. The monoisotopic (exact) mass is 210 g/mol. The number of rotatable bonds is 0. The molecule has 0 aromatic carbocycles. The van der Waals surface area contributed by atoms with Crippen molar-refractivity contribution in [1.29, 1.82) is 0 Å². The van der Waals surface area contributed by atoms with E-state index in [1.807, 2.05) is 0 Å². The van der Waals surface area contributed by atoms with Gasteiger partial charge in [-0.3, -0.25) is 4.70 Å². The summed E-state index contributed by atoms with van der Waals surface area (Å²) in [5.41, 5.74) is 0. The van der Waals surface area contributed by atoms with Gasteiger partial charge in [-0.25, -0.2) is 4.57 Å². The van der Waals surface area contributed by atoms with Crippen molar-refractivity contribution in [2.24, 2.45) is 0 Å². The van der Waals surface area contributed by atoms with E-state index in [-0.39, 0.29) is 73.4 Å². The molecule has 0 heterocycles. The maximum absolute atomic E-state index is 8.88. The van der Waals surface area contributed by atoms with E-state index in [0.29, 0.717) is 0 Å². The van der Waals surface area contributed by atoms with Crippen LogP contribution < -0.4 is 0 Å². The van der Waals surface area contributed by atoms with Crippen molar-refractivity contribution >= 4 is 59.2 Å². The molecule has 0 bridgehead atoms. The quantitative estimate of drug-likeness (QED) is 0.338. The summed E-state index contributed by atoms with van der Waals surface area (Å²) in [7, 11) is -4.64. The third-order valence-electron chi connectivity index (χ3n) is 0. The summed E-state index contributed by atoms with van der Waals surface area (Å²) in [5, 5.41) is 0. The van der Waals surface area contributed by atoms with Crippen molar-refractivity contribution in [3.8, 4) is 0 Å². The molecule has 8 heteroatoms. The molecule has 0 amide bonds. The SMILES string of the molecule is F.O=P(O)(O)O.[Cr].[KH]. The van der Waals surface area contributed by atoms with Gasteiger partial charge in [0, 0.05) is 17.4 Å². The molecule has 0 aliphatic heterocycles. The summed E-state index contributed by atoms with van der Waals surface area (Å²) in [6, 6.07) is 0. The molecule has 0 unspecified atom stereocenters. The summed E-state index contributed by atoms with van der Waals surface area (Å²) in [5.74, 6) is 0. The fourth-order valence-electron chi connectivity index (χ4n) is 0. The number of halogens is 1. The van der Waals surface area contributed by atoms with Gasteiger partial charge in [0.05, 0.1) is 0 Å². The fraction of sp³-hybridized carbons (Fsp3) is 0. The molecule has 48 valence electrons. The average molecular weight is 210 g/mol. The molecule has 0 spiro atoms. The van der Waals surface area contributed by atoms with Crippen LogP contribution in [0.5, 0.6) is 0 Å². The van der Waals surface area contributed by atoms with Crippen LogP contribution in [-0.2, 0) is 21.9 Å². The third kappa shape index (κ3) is 87.4. The van der Waals surface area contributed by atoms with Crippen molar-refractivity contribution in [2.45, 2.75) is 0 Å². The van der Waals surface area contributed by atoms with E-state index in [2.05, 4.69) is 0 Å². The predicted octanol–water partition coefficient (Wildman–Crippen LogP) is -1.43. The van der Waals surface area contributed by atoms with Crippen LogP contribution in [0.1, 0.15) is 0 Å². The van der Waals surface area contributed by atoms with E-state index in [9.17, 15) is 0 Å². The summed E-state index contributed by atoms with van der Waals surface area (Å²) in [6.07, 6.45) is 0.